The zero-order valence-corrected chi connectivity index (χ0v) is 11.2. The van der Waals surface area contributed by atoms with Gasteiger partial charge in [0.15, 0.2) is 11.5 Å². The Morgan fingerprint density at radius 1 is 1.42 bits per heavy atom. The van der Waals surface area contributed by atoms with Crippen molar-refractivity contribution in [1.82, 2.24) is 9.88 Å². The summed E-state index contributed by atoms with van der Waals surface area (Å²) in [5.74, 6) is -2.60. The molecule has 1 amide bonds. The van der Waals surface area contributed by atoms with Gasteiger partial charge in [-0.3, -0.25) is 4.79 Å². The molecule has 0 unspecified atom stereocenters. The first-order chi connectivity index (χ1) is 8.90. The fourth-order valence-electron chi connectivity index (χ4n) is 2.07. The van der Waals surface area contributed by atoms with E-state index in [1.165, 1.54) is 19.3 Å². The molecule has 0 saturated heterocycles. The second kappa shape index (κ2) is 5.77. The number of amides is 1. The lowest BCUT2D eigenvalue weighted by atomic mass is 9.90. The molecule has 0 saturated carbocycles. The van der Waals surface area contributed by atoms with Crippen LogP contribution in [0.2, 0.25) is 0 Å². The Labute approximate surface area is 111 Å². The van der Waals surface area contributed by atoms with Crippen LogP contribution in [0.1, 0.15) is 37.2 Å². The molecule has 0 aliphatic carbocycles. The highest BCUT2D eigenvalue weighted by Crippen LogP contribution is 2.25. The highest BCUT2D eigenvalue weighted by molar-refractivity contribution is 5.96. The molecule has 0 radical (unpaired) electrons. The lowest BCUT2D eigenvalue weighted by molar-refractivity contribution is -0.149. The van der Waals surface area contributed by atoms with E-state index in [0.717, 1.165) is 11.0 Å². The summed E-state index contributed by atoms with van der Waals surface area (Å²) in [5, 5.41) is 9.35. The van der Waals surface area contributed by atoms with Crippen LogP contribution in [-0.2, 0) is 4.79 Å². The van der Waals surface area contributed by atoms with E-state index in [4.69, 9.17) is 0 Å². The molecule has 104 valence electrons. The maximum absolute atomic E-state index is 13.5. The van der Waals surface area contributed by atoms with Gasteiger partial charge in [-0.05, 0) is 25.0 Å². The molecule has 1 aromatic heterocycles. The molecule has 0 atom stereocenters. The fraction of sp³-hybridized carbons (Fsp3) is 0.462. The van der Waals surface area contributed by atoms with Gasteiger partial charge >= 0.3 is 5.97 Å². The van der Waals surface area contributed by atoms with Crippen LogP contribution < -0.4 is 0 Å². The highest BCUT2D eigenvalue weighted by Gasteiger charge is 2.42. The SMILES string of the molecule is CCC(CC)(C(=O)O)N(C)C(=O)c1ncccc1F. The lowest BCUT2D eigenvalue weighted by Gasteiger charge is -2.36. The van der Waals surface area contributed by atoms with E-state index < -0.39 is 23.2 Å². The molecule has 1 rings (SSSR count). The molecular formula is C13H17FN2O3. The summed E-state index contributed by atoms with van der Waals surface area (Å²) in [4.78, 5) is 28.4. The first-order valence-corrected chi connectivity index (χ1v) is 6.02. The Morgan fingerprint density at radius 3 is 2.42 bits per heavy atom. The molecule has 0 aliphatic rings. The quantitative estimate of drug-likeness (QED) is 0.885. The number of hydrogen-bond donors (Lipinski definition) is 1. The van der Waals surface area contributed by atoms with Crippen molar-refractivity contribution in [2.75, 3.05) is 7.05 Å². The summed E-state index contributed by atoms with van der Waals surface area (Å²) in [6.07, 6.45) is 1.76. The van der Waals surface area contributed by atoms with Crippen LogP contribution in [0.5, 0.6) is 0 Å². The predicted octanol–water partition coefficient (Wildman–Crippen LogP) is 1.94. The first kappa shape index (κ1) is 15.1. The minimum Gasteiger partial charge on any atom is -0.479 e. The first-order valence-electron chi connectivity index (χ1n) is 6.02. The standard InChI is InChI=1S/C13H17FN2O3/c1-4-13(5-2,12(18)19)16(3)11(17)10-9(14)7-6-8-15-10/h6-8H,4-5H2,1-3H3,(H,18,19). The Kier molecular flexibility index (Phi) is 4.58. The van der Waals surface area contributed by atoms with Gasteiger partial charge in [-0.25, -0.2) is 14.2 Å². The maximum Gasteiger partial charge on any atom is 0.329 e. The monoisotopic (exact) mass is 268 g/mol. The largest absolute Gasteiger partial charge is 0.479 e. The smallest absolute Gasteiger partial charge is 0.329 e. The van der Waals surface area contributed by atoms with Crippen molar-refractivity contribution in [2.24, 2.45) is 0 Å². The number of hydrogen-bond acceptors (Lipinski definition) is 3. The van der Waals surface area contributed by atoms with Gasteiger partial charge in [0, 0.05) is 13.2 Å². The minimum atomic E-state index is -1.35. The number of halogens is 1. The van der Waals surface area contributed by atoms with Gasteiger partial charge in [0.2, 0.25) is 0 Å². The average Bonchev–Trinajstić information content (AvgIpc) is 2.40. The van der Waals surface area contributed by atoms with Crippen LogP contribution in [0.25, 0.3) is 0 Å². The summed E-state index contributed by atoms with van der Waals surface area (Å²) in [7, 11) is 1.36. The number of nitrogens with zero attached hydrogens (tertiary/aromatic N) is 2. The van der Waals surface area contributed by atoms with Crippen LogP contribution in [0.15, 0.2) is 18.3 Å². The molecular weight excluding hydrogens is 251 g/mol. The van der Waals surface area contributed by atoms with E-state index >= 15 is 0 Å². The third-order valence-corrected chi connectivity index (χ3v) is 3.48. The van der Waals surface area contributed by atoms with Gasteiger partial charge in [-0.2, -0.15) is 0 Å². The summed E-state index contributed by atoms with van der Waals surface area (Å²) in [6, 6.07) is 2.49. The summed E-state index contributed by atoms with van der Waals surface area (Å²) >= 11 is 0. The molecule has 1 heterocycles. The van der Waals surface area contributed by atoms with Crippen LogP contribution in [0.3, 0.4) is 0 Å². The number of carboxylic acid groups (broad SMARTS) is 1. The van der Waals surface area contributed by atoms with Gasteiger partial charge in [-0.15, -0.1) is 0 Å². The van der Waals surface area contributed by atoms with E-state index in [1.54, 1.807) is 13.8 Å². The van der Waals surface area contributed by atoms with Crippen molar-refractivity contribution in [2.45, 2.75) is 32.2 Å². The zero-order valence-electron chi connectivity index (χ0n) is 11.2. The van der Waals surface area contributed by atoms with Gasteiger partial charge in [0.25, 0.3) is 5.91 Å². The number of rotatable bonds is 5. The van der Waals surface area contributed by atoms with Gasteiger partial charge in [0.05, 0.1) is 0 Å². The number of carbonyl (C=O) groups excluding carboxylic acids is 1. The van der Waals surface area contributed by atoms with Gasteiger partial charge in [-0.1, -0.05) is 13.8 Å². The van der Waals surface area contributed by atoms with E-state index in [0.29, 0.717) is 0 Å². The molecule has 6 heteroatoms. The van der Waals surface area contributed by atoms with Gasteiger partial charge in [0.1, 0.15) is 5.54 Å². The molecule has 0 fully saturated rings. The molecule has 19 heavy (non-hydrogen) atoms. The van der Waals surface area contributed by atoms with Crippen molar-refractivity contribution in [1.29, 1.82) is 0 Å². The minimum absolute atomic E-state index is 0.232. The number of aromatic nitrogens is 1. The molecule has 0 aliphatic heterocycles. The Bertz CT molecular complexity index is 487. The molecule has 5 nitrogen and oxygen atoms in total. The lowest BCUT2D eigenvalue weighted by Crippen LogP contribution is -2.54. The van der Waals surface area contributed by atoms with Crippen LogP contribution >= 0.6 is 0 Å². The summed E-state index contributed by atoms with van der Waals surface area (Å²) < 4.78 is 13.5. The van der Waals surface area contributed by atoms with Crippen molar-refractivity contribution in [3.63, 3.8) is 0 Å². The number of aliphatic carboxylic acids is 1. The van der Waals surface area contributed by atoms with Gasteiger partial charge < -0.3 is 10.0 Å². The Hall–Kier alpha value is -1.98. The van der Waals surface area contributed by atoms with E-state index in [-0.39, 0.29) is 18.5 Å². The van der Waals surface area contributed by atoms with Crippen molar-refractivity contribution >= 4 is 11.9 Å². The Balaban J connectivity index is 3.18. The molecule has 1 aromatic rings. The zero-order chi connectivity index (χ0) is 14.6. The van der Waals surface area contributed by atoms with Crippen LogP contribution in [-0.4, -0.2) is 39.5 Å². The highest BCUT2D eigenvalue weighted by atomic mass is 19.1. The van der Waals surface area contributed by atoms with E-state index in [1.807, 2.05) is 0 Å². The average molecular weight is 268 g/mol. The summed E-state index contributed by atoms with van der Waals surface area (Å²) in [5.41, 5.74) is -1.71. The third-order valence-electron chi connectivity index (χ3n) is 3.48. The Morgan fingerprint density at radius 2 is 2.00 bits per heavy atom. The van der Waals surface area contributed by atoms with E-state index in [2.05, 4.69) is 4.98 Å². The van der Waals surface area contributed by atoms with E-state index in [9.17, 15) is 19.1 Å². The van der Waals surface area contributed by atoms with Crippen molar-refractivity contribution < 1.29 is 19.1 Å². The third kappa shape index (κ3) is 2.57. The normalized spacial score (nSPS) is 11.2. The summed E-state index contributed by atoms with van der Waals surface area (Å²) in [6.45, 7) is 3.35. The molecule has 0 bridgehead atoms. The fourth-order valence-corrected chi connectivity index (χ4v) is 2.07. The number of carboxylic acids is 1. The van der Waals surface area contributed by atoms with Crippen LogP contribution in [0.4, 0.5) is 4.39 Å². The van der Waals surface area contributed by atoms with Crippen LogP contribution in [0, 0.1) is 5.82 Å². The number of carbonyl (C=O) groups is 2. The molecule has 1 N–H and O–H groups in total. The topological polar surface area (TPSA) is 70.5 Å². The van der Waals surface area contributed by atoms with Crippen molar-refractivity contribution in [3.8, 4) is 0 Å². The number of pyridine rings is 1. The predicted molar refractivity (Wildman–Crippen MR) is 67.2 cm³/mol. The second-order valence-corrected chi connectivity index (χ2v) is 4.24. The number of likely N-dealkylation sites (N-methyl/N-ethyl adjacent to an activating group) is 1. The molecule has 0 aromatic carbocycles. The maximum atomic E-state index is 13.5. The second-order valence-electron chi connectivity index (χ2n) is 4.24. The van der Waals surface area contributed by atoms with Crippen molar-refractivity contribution in [3.05, 3.63) is 29.8 Å². The molecule has 0 spiro atoms.